The maximum Gasteiger partial charge on any atom is 0.407 e. The molecule has 1 aromatic rings. The third-order valence-corrected chi connectivity index (χ3v) is 7.96. The lowest BCUT2D eigenvalue weighted by molar-refractivity contribution is -0.137. The molecule has 3 N–H and O–H groups in total. The van der Waals surface area contributed by atoms with Gasteiger partial charge in [-0.05, 0) is 64.2 Å². The Bertz CT molecular complexity index is 1080. The lowest BCUT2D eigenvalue weighted by atomic mass is 9.68. The maximum atomic E-state index is 12.7. The number of hydrogen-bond donors (Lipinski definition) is 3. The number of hydrogen-bond acceptors (Lipinski definition) is 7. The van der Waals surface area contributed by atoms with E-state index in [2.05, 4.69) is 37.5 Å². The molecule has 214 valence electrons. The van der Waals surface area contributed by atoms with Gasteiger partial charge >= 0.3 is 12.1 Å². The van der Waals surface area contributed by atoms with Gasteiger partial charge < -0.3 is 34.7 Å². The molecule has 1 spiro atoms. The summed E-state index contributed by atoms with van der Waals surface area (Å²) in [5, 5.41) is 14.2. The highest BCUT2D eigenvalue weighted by molar-refractivity contribution is 5.90. The number of amides is 2. The van der Waals surface area contributed by atoms with Gasteiger partial charge in [0.1, 0.15) is 23.4 Å². The fraction of sp³-hybridized carbons (Fsp3) is 0.621. The molecule has 4 rings (SSSR count). The number of anilines is 1. The van der Waals surface area contributed by atoms with Crippen LogP contribution in [-0.2, 0) is 35.1 Å². The molecule has 2 saturated heterocycles. The summed E-state index contributed by atoms with van der Waals surface area (Å²) in [6.45, 7) is 7.20. The largest absolute Gasteiger partial charge is 0.481 e. The topological polar surface area (TPSA) is 139 Å². The van der Waals surface area contributed by atoms with Crippen molar-refractivity contribution in [1.82, 2.24) is 5.32 Å². The van der Waals surface area contributed by atoms with Gasteiger partial charge in [-0.15, -0.1) is 0 Å². The summed E-state index contributed by atoms with van der Waals surface area (Å²) < 4.78 is 24.0. The zero-order valence-corrected chi connectivity index (χ0v) is 23.2. The molecule has 10 heteroatoms. The van der Waals surface area contributed by atoms with E-state index >= 15 is 0 Å². The van der Waals surface area contributed by atoms with E-state index < -0.39 is 23.8 Å². The molecule has 1 aliphatic carbocycles. The first-order chi connectivity index (χ1) is 18.6. The maximum absolute atomic E-state index is 12.7. The summed E-state index contributed by atoms with van der Waals surface area (Å²) in [6.07, 6.45) is 3.64. The van der Waals surface area contributed by atoms with Gasteiger partial charge in [-0.3, -0.25) is 9.59 Å². The Balaban J connectivity index is 1.28. The quantitative estimate of drug-likeness (QED) is 0.263. The van der Waals surface area contributed by atoms with Gasteiger partial charge in [-0.2, -0.15) is 0 Å². The van der Waals surface area contributed by atoms with Crippen molar-refractivity contribution >= 4 is 23.7 Å². The minimum Gasteiger partial charge on any atom is -0.481 e. The Morgan fingerprint density at radius 1 is 1.18 bits per heavy atom. The van der Waals surface area contributed by atoms with E-state index in [0.717, 1.165) is 18.4 Å². The van der Waals surface area contributed by atoms with Crippen LogP contribution < -0.4 is 10.6 Å². The molecule has 1 aromatic carbocycles. The second kappa shape index (κ2) is 12.1. The van der Waals surface area contributed by atoms with Gasteiger partial charge in [-0.1, -0.05) is 23.8 Å². The lowest BCUT2D eigenvalue weighted by Crippen LogP contribution is -2.56. The van der Waals surface area contributed by atoms with Crippen LogP contribution in [0.1, 0.15) is 64.9 Å². The van der Waals surface area contributed by atoms with Crippen LogP contribution in [0.5, 0.6) is 0 Å². The number of epoxide rings is 2. The summed E-state index contributed by atoms with van der Waals surface area (Å²) >= 11 is 0. The standard InChI is InChI=1S/C29H40N2O8/c1-18(2)8-13-22-28(3,39-22)26-25(36-4)21(14-15-29(26)17-37-29)38-27(35)30-16-19-9-11-20(12-10-19)31-23(32)6-5-7-24(33)34/h8-12,21-22,25-26H,5-7,13-17H2,1-4H3,(H,30,35)(H,31,32)(H,33,34)/t21-,22-,25-,26-,28+,29+/m1/s1. The Hall–Kier alpha value is -2.95. The SMILES string of the molecule is CO[C@@H]1[C@H](OC(=O)NCc2ccc(NC(=O)CCCC(=O)O)cc2)CC[C@]2(CO2)[C@H]1[C@@]1(C)O[C@@H]1CC=C(C)C. The molecule has 3 fully saturated rings. The van der Waals surface area contributed by atoms with E-state index in [4.69, 9.17) is 24.1 Å². The zero-order chi connectivity index (χ0) is 28.2. The first-order valence-corrected chi connectivity index (χ1v) is 13.6. The van der Waals surface area contributed by atoms with Crippen molar-refractivity contribution in [2.24, 2.45) is 5.92 Å². The highest BCUT2D eigenvalue weighted by atomic mass is 16.6. The number of methoxy groups -OCH3 is 1. The van der Waals surface area contributed by atoms with Crippen molar-refractivity contribution in [2.45, 2.75) is 95.4 Å². The molecule has 0 bridgehead atoms. The number of carbonyl (C=O) groups is 3. The number of allylic oxidation sites excluding steroid dienone is 1. The fourth-order valence-corrected chi connectivity index (χ4v) is 5.75. The lowest BCUT2D eigenvalue weighted by Gasteiger charge is -2.42. The molecule has 3 aliphatic rings. The van der Waals surface area contributed by atoms with Crippen molar-refractivity contribution in [3.05, 3.63) is 41.5 Å². The number of rotatable bonds is 12. The van der Waals surface area contributed by atoms with Gasteiger partial charge in [0.25, 0.3) is 0 Å². The van der Waals surface area contributed by atoms with Crippen LogP contribution in [0.4, 0.5) is 10.5 Å². The average molecular weight is 545 g/mol. The van der Waals surface area contributed by atoms with Crippen LogP contribution in [0.15, 0.2) is 35.9 Å². The Morgan fingerprint density at radius 2 is 1.90 bits per heavy atom. The molecular weight excluding hydrogens is 504 g/mol. The third kappa shape index (κ3) is 7.17. The number of carboxylic acid groups (broad SMARTS) is 1. The van der Waals surface area contributed by atoms with Crippen LogP contribution in [-0.4, -0.2) is 66.3 Å². The molecule has 6 atom stereocenters. The summed E-state index contributed by atoms with van der Waals surface area (Å²) in [5.74, 6) is -1.20. The number of carboxylic acids is 1. The van der Waals surface area contributed by atoms with Crippen molar-refractivity contribution < 1.29 is 38.4 Å². The molecule has 2 amide bonds. The van der Waals surface area contributed by atoms with Crippen LogP contribution in [0.3, 0.4) is 0 Å². The minimum absolute atomic E-state index is 0.0380. The molecule has 2 heterocycles. The van der Waals surface area contributed by atoms with Crippen LogP contribution in [0.2, 0.25) is 0 Å². The second-order valence-corrected chi connectivity index (χ2v) is 11.2. The third-order valence-electron chi connectivity index (χ3n) is 7.96. The second-order valence-electron chi connectivity index (χ2n) is 11.2. The number of alkyl carbamates (subject to hydrolysis) is 1. The van der Waals surface area contributed by atoms with Gasteiger partial charge in [-0.25, -0.2) is 4.79 Å². The highest BCUT2D eigenvalue weighted by Crippen LogP contribution is 2.59. The molecule has 0 aromatic heterocycles. The number of ether oxygens (including phenoxy) is 4. The van der Waals surface area contributed by atoms with Gasteiger partial charge in [0, 0.05) is 32.2 Å². The number of aliphatic carboxylic acids is 1. The normalized spacial score (nSPS) is 30.8. The predicted octanol–water partition coefficient (Wildman–Crippen LogP) is 4.18. The minimum atomic E-state index is -0.921. The highest BCUT2D eigenvalue weighted by Gasteiger charge is 2.72. The summed E-state index contributed by atoms with van der Waals surface area (Å²) in [7, 11) is 1.65. The molecule has 1 saturated carbocycles. The molecule has 0 radical (unpaired) electrons. The molecule has 2 aliphatic heterocycles. The summed E-state index contributed by atoms with van der Waals surface area (Å²) in [6, 6.07) is 7.07. The van der Waals surface area contributed by atoms with E-state index in [-0.39, 0.29) is 55.4 Å². The summed E-state index contributed by atoms with van der Waals surface area (Å²) in [5.41, 5.74) is 2.02. The van der Waals surface area contributed by atoms with Crippen molar-refractivity contribution in [3.8, 4) is 0 Å². The molecule has 0 unspecified atom stereocenters. The number of benzene rings is 1. The molecular formula is C29H40N2O8. The van der Waals surface area contributed by atoms with Gasteiger partial charge in [0.15, 0.2) is 0 Å². The smallest absolute Gasteiger partial charge is 0.407 e. The van der Waals surface area contributed by atoms with E-state index in [1.807, 2.05) is 0 Å². The first kappa shape index (κ1) is 29.0. The summed E-state index contributed by atoms with van der Waals surface area (Å²) in [4.78, 5) is 35.3. The fourth-order valence-electron chi connectivity index (χ4n) is 5.75. The number of carbonyl (C=O) groups excluding carboxylic acids is 2. The van der Waals surface area contributed by atoms with Crippen LogP contribution in [0.25, 0.3) is 0 Å². The zero-order valence-electron chi connectivity index (χ0n) is 23.2. The number of nitrogens with one attached hydrogen (secondary N) is 2. The monoisotopic (exact) mass is 544 g/mol. The van der Waals surface area contributed by atoms with E-state index in [9.17, 15) is 14.4 Å². The molecule has 10 nitrogen and oxygen atoms in total. The Labute approximate surface area is 229 Å². The van der Waals surface area contributed by atoms with Crippen molar-refractivity contribution in [2.75, 3.05) is 19.0 Å². The van der Waals surface area contributed by atoms with Gasteiger partial charge in [0.05, 0.1) is 18.6 Å². The predicted molar refractivity (Wildman–Crippen MR) is 143 cm³/mol. The Morgan fingerprint density at radius 3 is 2.51 bits per heavy atom. The van der Waals surface area contributed by atoms with E-state index in [1.54, 1.807) is 31.4 Å². The van der Waals surface area contributed by atoms with E-state index in [1.165, 1.54) is 5.57 Å². The van der Waals surface area contributed by atoms with E-state index in [0.29, 0.717) is 18.7 Å². The van der Waals surface area contributed by atoms with Crippen molar-refractivity contribution in [1.29, 1.82) is 0 Å². The average Bonchev–Trinajstić information content (AvgIpc) is 3.80. The van der Waals surface area contributed by atoms with Crippen LogP contribution in [0, 0.1) is 5.92 Å². The van der Waals surface area contributed by atoms with Crippen molar-refractivity contribution in [3.63, 3.8) is 0 Å². The first-order valence-electron chi connectivity index (χ1n) is 13.6. The van der Waals surface area contributed by atoms with Crippen LogP contribution >= 0.6 is 0 Å². The Kier molecular flexibility index (Phi) is 8.98. The molecule has 39 heavy (non-hydrogen) atoms. The van der Waals surface area contributed by atoms with Gasteiger partial charge in [0.2, 0.25) is 5.91 Å².